The number of methoxy groups -OCH3 is 1. The number of rotatable bonds is 2. The lowest BCUT2D eigenvalue weighted by atomic mass is 10.1. The number of ether oxygens (including phenoxy) is 2. The third-order valence-corrected chi connectivity index (χ3v) is 4.39. The zero-order valence-electron chi connectivity index (χ0n) is 16.5. The van der Waals surface area contributed by atoms with E-state index in [9.17, 15) is 14.4 Å². The molecule has 0 spiro atoms. The topological polar surface area (TPSA) is 89.3 Å². The van der Waals surface area contributed by atoms with Crippen LogP contribution in [0.3, 0.4) is 0 Å². The summed E-state index contributed by atoms with van der Waals surface area (Å²) in [7, 11) is 1.48. The summed E-state index contributed by atoms with van der Waals surface area (Å²) in [6.45, 7) is 6.72. The van der Waals surface area contributed by atoms with Crippen LogP contribution in [-0.4, -0.2) is 60.7 Å². The Labute approximate surface area is 162 Å². The summed E-state index contributed by atoms with van der Waals surface area (Å²) in [5.41, 5.74) is -1.01. The summed E-state index contributed by atoms with van der Waals surface area (Å²) < 4.78 is 15.9. The second-order valence-corrected chi connectivity index (χ2v) is 7.59. The Kier molecular flexibility index (Phi) is 5.31. The third-order valence-electron chi connectivity index (χ3n) is 4.39. The number of para-hydroxylation sites is 1. The van der Waals surface area contributed by atoms with Crippen molar-refractivity contribution >= 4 is 23.0 Å². The SMILES string of the molecule is COc1cccc2cc(C(=O)N3CCN(C(=O)OC(C)(C)C)CC3)c(=O)oc12. The first-order valence-corrected chi connectivity index (χ1v) is 9.07. The van der Waals surface area contributed by atoms with E-state index in [1.807, 2.05) is 0 Å². The van der Waals surface area contributed by atoms with Crippen LogP contribution < -0.4 is 10.4 Å². The predicted molar refractivity (Wildman–Crippen MR) is 103 cm³/mol. The maximum Gasteiger partial charge on any atom is 0.410 e. The molecule has 1 aromatic carbocycles. The summed E-state index contributed by atoms with van der Waals surface area (Å²) in [5, 5.41) is 0.606. The van der Waals surface area contributed by atoms with Gasteiger partial charge in [0.05, 0.1) is 7.11 Å². The van der Waals surface area contributed by atoms with Gasteiger partial charge in [-0.3, -0.25) is 4.79 Å². The Balaban J connectivity index is 1.74. The van der Waals surface area contributed by atoms with Crippen LogP contribution in [0.4, 0.5) is 4.79 Å². The molecule has 0 radical (unpaired) electrons. The highest BCUT2D eigenvalue weighted by molar-refractivity contribution is 5.97. The van der Waals surface area contributed by atoms with Gasteiger partial charge < -0.3 is 23.7 Å². The molecule has 0 unspecified atom stereocenters. The summed E-state index contributed by atoms with van der Waals surface area (Å²) in [5.74, 6) is 0.0156. The lowest BCUT2D eigenvalue weighted by Gasteiger charge is -2.35. The normalized spacial score (nSPS) is 14.9. The predicted octanol–water partition coefficient (Wildman–Crippen LogP) is 2.49. The number of carbonyl (C=O) groups is 2. The molecule has 2 aromatic rings. The fraction of sp³-hybridized carbons (Fsp3) is 0.450. The van der Waals surface area contributed by atoms with E-state index in [0.29, 0.717) is 42.9 Å². The molecular weight excluding hydrogens is 364 g/mol. The number of carbonyl (C=O) groups excluding carboxylic acids is 2. The maximum atomic E-state index is 12.8. The second kappa shape index (κ2) is 7.53. The average Bonchev–Trinajstić information content (AvgIpc) is 2.65. The lowest BCUT2D eigenvalue weighted by Crippen LogP contribution is -2.52. The van der Waals surface area contributed by atoms with E-state index in [0.717, 1.165) is 0 Å². The molecule has 0 aliphatic carbocycles. The first-order chi connectivity index (χ1) is 13.2. The molecule has 0 atom stereocenters. The summed E-state index contributed by atoms with van der Waals surface area (Å²) >= 11 is 0. The van der Waals surface area contributed by atoms with Crippen molar-refractivity contribution in [3.05, 3.63) is 40.2 Å². The molecular formula is C20H24N2O6. The Morgan fingerprint density at radius 2 is 1.71 bits per heavy atom. The second-order valence-electron chi connectivity index (χ2n) is 7.59. The van der Waals surface area contributed by atoms with Gasteiger partial charge in [0, 0.05) is 31.6 Å². The molecule has 0 bridgehead atoms. The van der Waals surface area contributed by atoms with Crippen LogP contribution in [0.15, 0.2) is 33.5 Å². The number of piperazine rings is 1. The van der Waals surface area contributed by atoms with Crippen LogP contribution in [0.25, 0.3) is 11.0 Å². The van der Waals surface area contributed by atoms with Crippen molar-refractivity contribution in [1.82, 2.24) is 9.80 Å². The van der Waals surface area contributed by atoms with Crippen molar-refractivity contribution in [1.29, 1.82) is 0 Å². The van der Waals surface area contributed by atoms with Gasteiger partial charge in [-0.2, -0.15) is 0 Å². The number of fused-ring (bicyclic) bond motifs is 1. The van der Waals surface area contributed by atoms with Crippen LogP contribution >= 0.6 is 0 Å². The average molecular weight is 388 g/mol. The smallest absolute Gasteiger partial charge is 0.410 e. The van der Waals surface area contributed by atoms with Crippen molar-refractivity contribution in [3.63, 3.8) is 0 Å². The van der Waals surface area contributed by atoms with Gasteiger partial charge in [0.2, 0.25) is 0 Å². The standard InChI is InChI=1S/C20H24N2O6/c1-20(2,3)28-19(25)22-10-8-21(9-11-22)17(23)14-12-13-6-5-7-15(26-4)16(13)27-18(14)24/h5-7,12H,8-11H2,1-4H3. The van der Waals surface area contributed by atoms with Gasteiger partial charge in [-0.15, -0.1) is 0 Å². The molecule has 1 saturated heterocycles. The van der Waals surface area contributed by atoms with E-state index >= 15 is 0 Å². The minimum absolute atomic E-state index is 0.0357. The first kappa shape index (κ1) is 19.7. The summed E-state index contributed by atoms with van der Waals surface area (Å²) in [6, 6.07) is 6.71. The Bertz CT molecular complexity index is 951. The van der Waals surface area contributed by atoms with Crippen molar-refractivity contribution < 1.29 is 23.5 Å². The first-order valence-electron chi connectivity index (χ1n) is 9.07. The molecule has 1 fully saturated rings. The van der Waals surface area contributed by atoms with Crippen LogP contribution in [0.2, 0.25) is 0 Å². The fourth-order valence-corrected chi connectivity index (χ4v) is 3.02. The van der Waals surface area contributed by atoms with Gasteiger partial charge in [0.1, 0.15) is 11.2 Å². The van der Waals surface area contributed by atoms with Gasteiger partial charge in [-0.05, 0) is 32.9 Å². The molecule has 28 heavy (non-hydrogen) atoms. The molecule has 1 aliphatic heterocycles. The Morgan fingerprint density at radius 1 is 1.07 bits per heavy atom. The van der Waals surface area contributed by atoms with E-state index in [1.54, 1.807) is 48.8 Å². The van der Waals surface area contributed by atoms with E-state index in [-0.39, 0.29) is 5.56 Å². The van der Waals surface area contributed by atoms with Crippen molar-refractivity contribution in [3.8, 4) is 5.75 Å². The van der Waals surface area contributed by atoms with Crippen LogP contribution in [0.5, 0.6) is 5.75 Å². The zero-order chi connectivity index (χ0) is 20.5. The number of hydrogen-bond donors (Lipinski definition) is 0. The molecule has 150 valence electrons. The highest BCUT2D eigenvalue weighted by Gasteiger charge is 2.29. The van der Waals surface area contributed by atoms with E-state index in [2.05, 4.69) is 0 Å². The van der Waals surface area contributed by atoms with Gasteiger partial charge >= 0.3 is 11.7 Å². The van der Waals surface area contributed by atoms with E-state index in [1.165, 1.54) is 13.2 Å². The zero-order valence-corrected chi connectivity index (χ0v) is 16.5. The summed E-state index contributed by atoms with van der Waals surface area (Å²) in [4.78, 5) is 40.4. The molecule has 0 N–H and O–H groups in total. The van der Waals surface area contributed by atoms with Crippen molar-refractivity contribution in [2.45, 2.75) is 26.4 Å². The molecule has 1 aromatic heterocycles. The Morgan fingerprint density at radius 3 is 2.32 bits per heavy atom. The minimum Gasteiger partial charge on any atom is -0.493 e. The molecule has 2 amide bonds. The molecule has 8 heteroatoms. The van der Waals surface area contributed by atoms with Gasteiger partial charge in [0.15, 0.2) is 11.3 Å². The van der Waals surface area contributed by atoms with Gasteiger partial charge in [0.25, 0.3) is 5.91 Å². The largest absolute Gasteiger partial charge is 0.493 e. The lowest BCUT2D eigenvalue weighted by molar-refractivity contribution is 0.0140. The van der Waals surface area contributed by atoms with Crippen molar-refractivity contribution in [2.24, 2.45) is 0 Å². The number of benzene rings is 1. The summed E-state index contributed by atoms with van der Waals surface area (Å²) in [6.07, 6.45) is -0.406. The fourth-order valence-electron chi connectivity index (χ4n) is 3.02. The van der Waals surface area contributed by atoms with Crippen LogP contribution in [0.1, 0.15) is 31.1 Å². The monoisotopic (exact) mass is 388 g/mol. The highest BCUT2D eigenvalue weighted by Crippen LogP contribution is 2.25. The van der Waals surface area contributed by atoms with Crippen LogP contribution in [-0.2, 0) is 4.74 Å². The Hall–Kier alpha value is -3.03. The number of nitrogens with zero attached hydrogens (tertiary/aromatic N) is 2. The minimum atomic E-state index is -0.712. The molecule has 3 rings (SSSR count). The third kappa shape index (κ3) is 4.11. The molecule has 8 nitrogen and oxygen atoms in total. The quantitative estimate of drug-likeness (QED) is 0.735. The molecule has 2 heterocycles. The van der Waals surface area contributed by atoms with Crippen LogP contribution in [0, 0.1) is 0 Å². The molecule has 0 saturated carbocycles. The highest BCUT2D eigenvalue weighted by atomic mass is 16.6. The van der Waals surface area contributed by atoms with E-state index < -0.39 is 23.2 Å². The molecule has 1 aliphatic rings. The number of amides is 2. The van der Waals surface area contributed by atoms with Gasteiger partial charge in [-0.1, -0.05) is 12.1 Å². The van der Waals surface area contributed by atoms with Gasteiger partial charge in [-0.25, -0.2) is 9.59 Å². The number of hydrogen-bond acceptors (Lipinski definition) is 6. The van der Waals surface area contributed by atoms with E-state index in [4.69, 9.17) is 13.9 Å². The maximum absolute atomic E-state index is 12.8. The van der Waals surface area contributed by atoms with Crippen molar-refractivity contribution in [2.75, 3.05) is 33.3 Å².